The van der Waals surface area contributed by atoms with E-state index in [-0.39, 0.29) is 0 Å². The maximum Gasteiger partial charge on any atom is 0.164 e. The van der Waals surface area contributed by atoms with Crippen LogP contribution in [0.3, 0.4) is 0 Å². The molecule has 0 N–H and O–H groups in total. The summed E-state index contributed by atoms with van der Waals surface area (Å²) in [6.07, 6.45) is 0. The Morgan fingerprint density at radius 1 is 0.353 bits per heavy atom. The Morgan fingerprint density at radius 2 is 0.882 bits per heavy atom. The van der Waals surface area contributed by atoms with E-state index in [0.717, 1.165) is 0 Å². The SMILES string of the molecule is [2H]c1c([2H])c([2H])c(-c2nc(-c3c([2H])c([2H])c(-c4c([2H])c([2H])c([2H])c([2H])c4[2H])c([2H])c3[2H])nc(-c3c([2H])c([2H])c4oc5c([2H])c(-c6c([2H])c([2H])c([2H])c7c([2H])c([2H])c([2H])c([2H])c67)c6c([2H])c([2H])c([2H])c([2H])c6c5c4c3[2H])n2)c([2H])c1[2H]. The molecule has 0 amide bonds. The van der Waals surface area contributed by atoms with Gasteiger partial charge in [0.05, 0.1) is 39.8 Å². The summed E-state index contributed by atoms with van der Waals surface area (Å²) in [7, 11) is 0. The quantitative estimate of drug-likeness (QED) is 0.182. The van der Waals surface area contributed by atoms with Gasteiger partial charge in [0.2, 0.25) is 0 Å². The molecule has 2 heterocycles. The summed E-state index contributed by atoms with van der Waals surface area (Å²) in [6, 6.07) is -26.3. The Bertz CT molecular complexity index is 4500. The number of hydrogen-bond acceptors (Lipinski definition) is 4. The van der Waals surface area contributed by atoms with Crippen molar-refractivity contribution >= 4 is 43.5 Å². The monoisotopic (exact) mass is 680 g/mol. The van der Waals surface area contributed by atoms with Gasteiger partial charge in [-0.3, -0.25) is 0 Å². The maximum atomic E-state index is 9.83. The minimum Gasteiger partial charge on any atom is -0.456 e. The van der Waals surface area contributed by atoms with Crippen molar-refractivity contribution in [1.82, 2.24) is 15.0 Å². The number of rotatable bonds is 5. The van der Waals surface area contributed by atoms with Crippen LogP contribution in [0.1, 0.15) is 39.8 Å². The van der Waals surface area contributed by atoms with Crippen LogP contribution in [0.2, 0.25) is 0 Å². The fourth-order valence-corrected chi connectivity index (χ4v) is 5.40. The predicted molar refractivity (Wildman–Crippen MR) is 209 cm³/mol. The van der Waals surface area contributed by atoms with Gasteiger partial charge in [-0.1, -0.05) is 151 Å². The van der Waals surface area contributed by atoms with Crippen molar-refractivity contribution in [2.45, 2.75) is 0 Å². The highest BCUT2D eigenvalue weighted by Crippen LogP contribution is 2.42. The normalized spacial score (nSPS) is 19.5. The third-order valence-corrected chi connectivity index (χ3v) is 7.63. The second kappa shape index (κ2) is 11.9. The van der Waals surface area contributed by atoms with Crippen LogP contribution in [0.5, 0.6) is 0 Å². The van der Waals surface area contributed by atoms with Gasteiger partial charge >= 0.3 is 0 Å². The van der Waals surface area contributed by atoms with Crippen LogP contribution in [0.25, 0.3) is 99.9 Å². The number of benzene rings is 8. The molecule has 8 aromatic carbocycles. The Kier molecular flexibility index (Phi) is 2.83. The molecule has 0 saturated carbocycles. The summed E-state index contributed by atoms with van der Waals surface area (Å²) in [5.41, 5.74) is -6.57. The van der Waals surface area contributed by atoms with Gasteiger partial charge in [0.25, 0.3) is 0 Å². The lowest BCUT2D eigenvalue weighted by molar-refractivity contribution is 0.669. The van der Waals surface area contributed by atoms with Gasteiger partial charge in [0, 0.05) is 27.5 Å². The molecule has 0 aliphatic heterocycles. The average molecular weight is 681 g/mol. The maximum absolute atomic E-state index is 9.83. The van der Waals surface area contributed by atoms with Crippen LogP contribution in [0.4, 0.5) is 0 Å². The Morgan fingerprint density at radius 3 is 1.63 bits per heavy atom. The van der Waals surface area contributed by atoms with Crippen LogP contribution in [-0.2, 0) is 0 Å². The van der Waals surface area contributed by atoms with E-state index in [9.17, 15) is 11.0 Å². The first-order valence-corrected chi connectivity index (χ1v) is 14.7. The van der Waals surface area contributed by atoms with Gasteiger partial charge in [0.15, 0.2) is 17.5 Å². The molecule has 0 radical (unpaired) electrons. The first kappa shape index (κ1) is 12.1. The zero-order chi connectivity index (χ0) is 59.0. The number of furan rings is 1. The minimum atomic E-state index is -1.03. The van der Waals surface area contributed by atoms with Crippen molar-refractivity contribution in [2.24, 2.45) is 0 Å². The van der Waals surface area contributed by atoms with Crippen molar-refractivity contribution in [3.8, 4) is 56.4 Å². The minimum absolute atomic E-state index is 0.514. The molecule has 0 spiro atoms. The highest BCUT2D eigenvalue weighted by molar-refractivity contribution is 6.23. The van der Waals surface area contributed by atoms with Crippen molar-refractivity contribution in [1.29, 1.82) is 0 Å². The van der Waals surface area contributed by atoms with E-state index in [1.807, 2.05) is 0 Å². The van der Waals surface area contributed by atoms with Gasteiger partial charge in [-0.2, -0.15) is 0 Å². The molecule has 238 valence electrons. The summed E-state index contributed by atoms with van der Waals surface area (Å²) in [4.78, 5) is 12.9. The zero-order valence-electron chi connectivity index (χ0n) is 54.2. The van der Waals surface area contributed by atoms with E-state index < -0.39 is 275 Å². The molecule has 4 nitrogen and oxygen atoms in total. The highest BCUT2D eigenvalue weighted by atomic mass is 16.3. The summed E-state index contributed by atoms with van der Waals surface area (Å²) >= 11 is 0. The number of fused-ring (bicyclic) bond motifs is 6. The lowest BCUT2D eigenvalue weighted by Gasteiger charge is -2.11. The van der Waals surface area contributed by atoms with E-state index in [1.165, 1.54) is 0 Å². The molecule has 0 unspecified atom stereocenters. The largest absolute Gasteiger partial charge is 0.456 e. The lowest BCUT2D eigenvalue weighted by atomic mass is 9.92. The van der Waals surface area contributed by atoms with Crippen LogP contribution < -0.4 is 0 Å². The molecule has 0 aliphatic carbocycles. The molecule has 0 atom stereocenters. The molecule has 10 rings (SSSR count). The Labute approximate surface area is 335 Å². The molecule has 4 heteroatoms. The lowest BCUT2D eigenvalue weighted by Crippen LogP contribution is -2.00. The molecule has 0 fully saturated rings. The molecule has 2 aromatic heterocycles. The molecular formula is C47H29N3O. The third kappa shape index (κ3) is 5.04. The third-order valence-electron chi connectivity index (χ3n) is 7.63. The van der Waals surface area contributed by atoms with Crippen molar-refractivity contribution in [3.05, 3.63) is 175 Å². The van der Waals surface area contributed by atoms with Gasteiger partial charge in [0.1, 0.15) is 11.2 Å². The molecule has 0 bridgehead atoms. The molecule has 0 saturated heterocycles. The number of hydrogen-bond donors (Lipinski definition) is 0. The second-order valence-electron chi connectivity index (χ2n) is 10.6. The average Bonchev–Trinajstić information content (AvgIpc) is 3.60. The van der Waals surface area contributed by atoms with E-state index >= 15 is 0 Å². The standard InChI is InChI=1S/C47H29N3O/c1-3-12-30(13-4-1)31-22-24-34(25-23-31)46-48-45(33-15-5-2-6-16-33)49-47(50-46)35-26-27-42-41(28-35)44-39-20-10-9-19-38(39)40(29-43(44)51-42)37-21-11-17-32-14-7-8-18-36(32)37/h1-29H/i1D,2D,3D,4D,5D,6D,7D,8D,9D,10D,11D,12D,13D,14D,15D,16D,17D,18D,19D,20D,21D,22D,23D,24D,25D,26D,27D,28D,29D. The predicted octanol–water partition coefficient (Wildman–Crippen LogP) is 12.4. The summed E-state index contributed by atoms with van der Waals surface area (Å²) in [5.74, 6) is -2.65. The van der Waals surface area contributed by atoms with Gasteiger partial charge < -0.3 is 4.42 Å². The smallest absolute Gasteiger partial charge is 0.164 e. The number of nitrogens with zero attached hydrogens (tertiary/aromatic N) is 3. The summed E-state index contributed by atoms with van der Waals surface area (Å²) < 4.78 is 262. The van der Waals surface area contributed by atoms with Gasteiger partial charge in [-0.15, -0.1) is 0 Å². The van der Waals surface area contributed by atoms with Gasteiger partial charge in [-0.25, -0.2) is 15.0 Å². The summed E-state index contributed by atoms with van der Waals surface area (Å²) in [5, 5.41) is -3.46. The van der Waals surface area contributed by atoms with E-state index in [4.69, 9.17) is 33.2 Å². The fourth-order valence-electron chi connectivity index (χ4n) is 5.40. The van der Waals surface area contributed by atoms with Gasteiger partial charge in [-0.05, 0) is 68.0 Å². The first-order chi connectivity index (χ1) is 37.3. The van der Waals surface area contributed by atoms with Crippen molar-refractivity contribution in [3.63, 3.8) is 0 Å². The van der Waals surface area contributed by atoms with Crippen molar-refractivity contribution in [2.75, 3.05) is 0 Å². The van der Waals surface area contributed by atoms with E-state index in [0.29, 0.717) is 0 Å². The highest BCUT2D eigenvalue weighted by Gasteiger charge is 2.18. The molecular weight excluding hydrogens is 623 g/mol. The van der Waals surface area contributed by atoms with E-state index in [1.54, 1.807) is 0 Å². The topological polar surface area (TPSA) is 51.8 Å². The number of aromatic nitrogens is 3. The Hall–Kier alpha value is -6.91. The van der Waals surface area contributed by atoms with E-state index in [2.05, 4.69) is 15.0 Å². The van der Waals surface area contributed by atoms with Crippen molar-refractivity contribution < 1.29 is 44.2 Å². The second-order valence-corrected chi connectivity index (χ2v) is 10.6. The zero-order valence-corrected chi connectivity index (χ0v) is 25.2. The summed E-state index contributed by atoms with van der Waals surface area (Å²) in [6.45, 7) is 0. The molecule has 10 aromatic rings. The van der Waals surface area contributed by atoms with Crippen LogP contribution in [0.15, 0.2) is 180 Å². The fraction of sp³-hybridized carbons (Fsp3) is 0. The Balaban J connectivity index is 1.37. The molecule has 0 aliphatic rings. The first-order valence-electron chi connectivity index (χ1n) is 29.2. The molecule has 51 heavy (non-hydrogen) atoms. The van der Waals surface area contributed by atoms with Crippen LogP contribution in [0, 0.1) is 0 Å². The van der Waals surface area contributed by atoms with Crippen LogP contribution in [-0.4, -0.2) is 15.0 Å². The van der Waals surface area contributed by atoms with Crippen LogP contribution >= 0.6 is 0 Å².